The number of ether oxygens (including phenoxy) is 1. The van der Waals surface area contributed by atoms with Gasteiger partial charge in [0, 0.05) is 48.9 Å². The molecule has 1 amide bonds. The van der Waals surface area contributed by atoms with Gasteiger partial charge in [0.25, 0.3) is 0 Å². The molecule has 45 heavy (non-hydrogen) atoms. The zero-order valence-corrected chi connectivity index (χ0v) is 26.4. The largest absolute Gasteiger partial charge is 0.462 e. The summed E-state index contributed by atoms with van der Waals surface area (Å²) >= 11 is 6.72. The zero-order chi connectivity index (χ0) is 31.1. The Morgan fingerprint density at radius 2 is 2.00 bits per heavy atom. The van der Waals surface area contributed by atoms with E-state index in [1.54, 1.807) is 6.08 Å². The number of likely N-dealkylation sites (tertiary alicyclic amines) is 1. The monoisotopic (exact) mass is 626 g/mol. The third kappa shape index (κ3) is 5.81. The van der Waals surface area contributed by atoms with Crippen LogP contribution in [0.4, 0.5) is 11.5 Å². The SMILES string of the molecule is C=C[C@H]1N[C@@H]1C(=O)N1CCN(c2nc(OC[C@@H]3CCCN3C)nc3c2CCN(c2cccc4cccc(Cl)c24)C3)C[C@@H]1CC#N. The van der Waals surface area contributed by atoms with Crippen LogP contribution in [0.25, 0.3) is 10.8 Å². The number of hydrogen-bond acceptors (Lipinski definition) is 9. The molecule has 11 heteroatoms. The smallest absolute Gasteiger partial charge is 0.318 e. The molecule has 1 N–H and O–H groups in total. The number of halogens is 1. The summed E-state index contributed by atoms with van der Waals surface area (Å²) in [5, 5.41) is 15.8. The molecule has 0 aliphatic carbocycles. The number of piperazine rings is 1. The quantitative estimate of drug-likeness (QED) is 0.295. The van der Waals surface area contributed by atoms with Gasteiger partial charge in [-0.25, -0.2) is 0 Å². The van der Waals surface area contributed by atoms with Gasteiger partial charge in [-0.2, -0.15) is 15.2 Å². The molecule has 5 heterocycles. The summed E-state index contributed by atoms with van der Waals surface area (Å²) in [7, 11) is 2.14. The molecule has 3 fully saturated rings. The summed E-state index contributed by atoms with van der Waals surface area (Å²) in [6.07, 6.45) is 5.04. The van der Waals surface area contributed by atoms with Gasteiger partial charge >= 0.3 is 6.01 Å². The number of rotatable bonds is 8. The van der Waals surface area contributed by atoms with Crippen molar-refractivity contribution in [1.29, 1.82) is 5.26 Å². The Balaban J connectivity index is 1.19. The zero-order valence-electron chi connectivity index (χ0n) is 25.7. The average molecular weight is 627 g/mol. The van der Waals surface area contributed by atoms with Crippen LogP contribution in [0.3, 0.4) is 0 Å². The number of anilines is 2. The summed E-state index contributed by atoms with van der Waals surface area (Å²) < 4.78 is 6.32. The maximum absolute atomic E-state index is 13.3. The van der Waals surface area contributed by atoms with Crippen LogP contribution >= 0.6 is 11.6 Å². The molecular formula is C34H39ClN8O2. The van der Waals surface area contributed by atoms with Crippen LogP contribution in [0.2, 0.25) is 5.02 Å². The van der Waals surface area contributed by atoms with Gasteiger partial charge < -0.3 is 24.3 Å². The predicted molar refractivity (Wildman–Crippen MR) is 176 cm³/mol. The van der Waals surface area contributed by atoms with E-state index in [0.717, 1.165) is 70.9 Å². The Bertz CT molecular complexity index is 1650. The Morgan fingerprint density at radius 1 is 1.16 bits per heavy atom. The molecule has 0 radical (unpaired) electrons. The van der Waals surface area contributed by atoms with E-state index in [4.69, 9.17) is 26.3 Å². The van der Waals surface area contributed by atoms with Gasteiger partial charge in [0.2, 0.25) is 5.91 Å². The fraction of sp³-hybridized carbons (Fsp3) is 0.471. The number of hydrogen-bond donors (Lipinski definition) is 1. The average Bonchev–Trinajstić information content (AvgIpc) is 3.74. The number of carbonyl (C=O) groups excluding carboxylic acids is 1. The van der Waals surface area contributed by atoms with E-state index in [9.17, 15) is 10.1 Å². The lowest BCUT2D eigenvalue weighted by Crippen LogP contribution is -2.57. The summed E-state index contributed by atoms with van der Waals surface area (Å²) in [5.74, 6) is 0.896. The van der Waals surface area contributed by atoms with Crippen molar-refractivity contribution >= 4 is 39.8 Å². The maximum Gasteiger partial charge on any atom is 0.318 e. The van der Waals surface area contributed by atoms with Crippen LogP contribution in [0.5, 0.6) is 6.01 Å². The Hall–Kier alpha value is -3.91. The van der Waals surface area contributed by atoms with Crippen LogP contribution in [-0.4, -0.2) is 96.2 Å². The number of amides is 1. The van der Waals surface area contributed by atoms with Gasteiger partial charge in [0.15, 0.2) is 0 Å². The number of fused-ring (bicyclic) bond motifs is 2. The van der Waals surface area contributed by atoms with E-state index >= 15 is 0 Å². The van der Waals surface area contributed by atoms with Gasteiger partial charge in [-0.1, -0.05) is 41.9 Å². The molecule has 3 aromatic rings. The van der Waals surface area contributed by atoms with Crippen molar-refractivity contribution in [2.24, 2.45) is 0 Å². The van der Waals surface area contributed by atoms with Crippen LogP contribution < -0.4 is 19.9 Å². The molecule has 3 saturated heterocycles. The van der Waals surface area contributed by atoms with Gasteiger partial charge in [-0.15, -0.1) is 6.58 Å². The van der Waals surface area contributed by atoms with Gasteiger partial charge in [-0.05, 0) is 50.4 Å². The molecule has 4 aliphatic rings. The van der Waals surface area contributed by atoms with E-state index in [-0.39, 0.29) is 30.5 Å². The summed E-state index contributed by atoms with van der Waals surface area (Å²) in [6.45, 7) is 8.48. The van der Waals surface area contributed by atoms with E-state index in [1.165, 1.54) is 0 Å². The fourth-order valence-corrected chi connectivity index (χ4v) is 7.48. The third-order valence-corrected chi connectivity index (χ3v) is 10.1. The second kappa shape index (κ2) is 12.5. The number of carbonyl (C=O) groups is 1. The van der Waals surface area contributed by atoms with Crippen molar-refractivity contribution in [2.75, 3.05) is 56.2 Å². The van der Waals surface area contributed by atoms with Gasteiger partial charge in [0.1, 0.15) is 18.5 Å². The molecular weight excluding hydrogens is 588 g/mol. The lowest BCUT2D eigenvalue weighted by Gasteiger charge is -2.42. The first-order valence-electron chi connectivity index (χ1n) is 15.9. The minimum absolute atomic E-state index is 0.00494. The molecule has 0 saturated carbocycles. The molecule has 4 atom stereocenters. The maximum atomic E-state index is 13.3. The van der Waals surface area contributed by atoms with Crippen molar-refractivity contribution in [2.45, 2.75) is 56.4 Å². The van der Waals surface area contributed by atoms with Gasteiger partial charge in [-0.3, -0.25) is 10.1 Å². The molecule has 4 aliphatic heterocycles. The first-order chi connectivity index (χ1) is 21.9. The molecule has 0 unspecified atom stereocenters. The van der Waals surface area contributed by atoms with Crippen LogP contribution in [0.1, 0.15) is 30.5 Å². The second-order valence-corrected chi connectivity index (χ2v) is 12.9. The summed E-state index contributed by atoms with van der Waals surface area (Å²) in [4.78, 5) is 32.1. The topological polar surface area (TPSA) is 111 Å². The highest BCUT2D eigenvalue weighted by atomic mass is 35.5. The summed E-state index contributed by atoms with van der Waals surface area (Å²) in [6, 6.07) is 14.9. The molecule has 1 aromatic heterocycles. The number of benzene rings is 2. The lowest BCUT2D eigenvalue weighted by atomic mass is 10.0. The predicted octanol–water partition coefficient (Wildman–Crippen LogP) is 3.78. The molecule has 0 bridgehead atoms. The fourth-order valence-electron chi connectivity index (χ4n) is 7.20. The standard InChI is InChI=1S/C34H39ClN8O2/c1-3-27-31(37-27)33(44)43-18-17-42(19-23(43)12-14-36)32-25-13-16-41(29-11-5-8-22-7-4-10-26(35)30(22)29)20-28(25)38-34(39-32)45-21-24-9-6-15-40(24)2/h3-5,7-8,10-11,23-24,27,31,37H,1,6,9,12-13,15-21H2,2H3/t23-,24-,27+,31-/m0/s1. The summed E-state index contributed by atoms with van der Waals surface area (Å²) in [5.41, 5.74) is 3.14. The number of nitrogens with one attached hydrogen (secondary N) is 1. The highest BCUT2D eigenvalue weighted by Crippen LogP contribution is 2.37. The van der Waals surface area contributed by atoms with Crippen LogP contribution in [-0.2, 0) is 17.8 Å². The van der Waals surface area contributed by atoms with Crippen molar-refractivity contribution in [3.8, 4) is 12.1 Å². The van der Waals surface area contributed by atoms with Crippen molar-refractivity contribution < 1.29 is 9.53 Å². The molecule has 10 nitrogen and oxygen atoms in total. The minimum Gasteiger partial charge on any atom is -0.462 e. The number of nitriles is 1. The van der Waals surface area contributed by atoms with Crippen LogP contribution in [0, 0.1) is 11.3 Å². The lowest BCUT2D eigenvalue weighted by molar-refractivity contribution is -0.133. The highest BCUT2D eigenvalue weighted by Gasteiger charge is 2.45. The Morgan fingerprint density at radius 3 is 2.76 bits per heavy atom. The molecule has 0 spiro atoms. The van der Waals surface area contributed by atoms with Gasteiger partial charge in [0.05, 0.1) is 41.8 Å². The van der Waals surface area contributed by atoms with E-state index in [0.29, 0.717) is 44.8 Å². The third-order valence-electron chi connectivity index (χ3n) is 9.81. The van der Waals surface area contributed by atoms with E-state index < -0.39 is 0 Å². The van der Waals surface area contributed by atoms with E-state index in [1.807, 2.05) is 17.0 Å². The number of likely N-dealkylation sites (N-methyl/N-ethyl adjacent to an activating group) is 1. The first-order valence-corrected chi connectivity index (χ1v) is 16.3. The van der Waals surface area contributed by atoms with Crippen molar-refractivity contribution in [3.05, 3.63) is 65.3 Å². The molecule has 234 valence electrons. The highest BCUT2D eigenvalue weighted by molar-refractivity contribution is 6.36. The second-order valence-electron chi connectivity index (χ2n) is 12.5. The first kappa shape index (κ1) is 29.8. The van der Waals surface area contributed by atoms with Crippen molar-refractivity contribution in [1.82, 2.24) is 25.1 Å². The van der Waals surface area contributed by atoms with E-state index in [2.05, 4.69) is 64.0 Å². The van der Waals surface area contributed by atoms with Crippen molar-refractivity contribution in [3.63, 3.8) is 0 Å². The Labute approximate surface area is 269 Å². The molecule has 2 aromatic carbocycles. The number of aromatic nitrogens is 2. The normalized spacial score (nSPS) is 24.8. The minimum atomic E-state index is -0.246. The number of nitrogens with zero attached hydrogens (tertiary/aromatic N) is 7. The Kier molecular flexibility index (Phi) is 8.25. The molecule has 7 rings (SSSR count). The van der Waals surface area contributed by atoms with Crippen LogP contribution in [0.15, 0.2) is 49.1 Å².